The molecule has 0 aromatic heterocycles. The van der Waals surface area contributed by atoms with Crippen molar-refractivity contribution in [2.75, 3.05) is 23.0 Å². The van der Waals surface area contributed by atoms with Crippen LogP contribution in [-0.2, 0) is 0 Å². The molecule has 0 aliphatic carbocycles. The fraction of sp³-hybridized carbons (Fsp3) is 0.400. The van der Waals surface area contributed by atoms with Gasteiger partial charge in [-0.25, -0.2) is 0 Å². The third-order valence-electron chi connectivity index (χ3n) is 8.74. The molecule has 0 aliphatic heterocycles. The second kappa shape index (κ2) is 24.6. The molecule has 4 aromatic carbocycles. The van der Waals surface area contributed by atoms with E-state index in [0.717, 1.165) is 86.0 Å². The van der Waals surface area contributed by atoms with Crippen LogP contribution in [0.3, 0.4) is 0 Å². The Morgan fingerprint density at radius 3 is 1.57 bits per heavy atom. The second-order valence-electron chi connectivity index (χ2n) is 13.5. The summed E-state index contributed by atoms with van der Waals surface area (Å²) >= 11 is 0. The van der Waals surface area contributed by atoms with E-state index in [1.54, 1.807) is 6.08 Å². The summed E-state index contributed by atoms with van der Waals surface area (Å²) < 4.78 is 12.3. The summed E-state index contributed by atoms with van der Waals surface area (Å²) in [6.07, 6.45) is 14.8. The van der Waals surface area contributed by atoms with Gasteiger partial charge in [-0.05, 0) is 150 Å². The Morgan fingerprint density at radius 2 is 1.11 bits per heavy atom. The molecule has 0 radical (unpaired) electrons. The first kappa shape index (κ1) is 45.5. The summed E-state index contributed by atoms with van der Waals surface area (Å²) in [5.74, 6) is 1.87. The lowest BCUT2D eigenvalue weighted by atomic mass is 10.0. The number of anilines is 5. The highest BCUT2D eigenvalue weighted by molar-refractivity contribution is 5.84. The monoisotopic (exact) mass is 731 g/mol. The van der Waals surface area contributed by atoms with E-state index >= 15 is 0 Å². The first-order valence-electron chi connectivity index (χ1n) is 20.3. The predicted octanol–water partition coefficient (Wildman–Crippen LogP) is 15.7. The quantitative estimate of drug-likeness (QED) is 0.0613. The van der Waals surface area contributed by atoms with Crippen LogP contribution in [0.5, 0.6) is 11.5 Å². The Balaban J connectivity index is 0.00000192. The van der Waals surface area contributed by atoms with E-state index in [4.69, 9.17) is 9.47 Å². The molecule has 4 aromatic rings. The van der Waals surface area contributed by atoms with Crippen LogP contribution in [0.1, 0.15) is 115 Å². The number of hydrogen-bond donors (Lipinski definition) is 0. The van der Waals surface area contributed by atoms with Crippen molar-refractivity contribution < 1.29 is 9.47 Å². The summed E-state index contributed by atoms with van der Waals surface area (Å²) in [6.45, 7) is 30.4. The van der Waals surface area contributed by atoms with Crippen molar-refractivity contribution in [1.82, 2.24) is 0 Å². The Kier molecular flexibility index (Phi) is 20.7. The van der Waals surface area contributed by atoms with Crippen LogP contribution in [0.15, 0.2) is 109 Å². The van der Waals surface area contributed by atoms with Crippen LogP contribution in [-0.4, -0.2) is 13.2 Å². The van der Waals surface area contributed by atoms with Gasteiger partial charge >= 0.3 is 0 Å². The highest BCUT2D eigenvalue weighted by atomic mass is 16.5. The first-order chi connectivity index (χ1) is 26.1. The van der Waals surface area contributed by atoms with Crippen molar-refractivity contribution in [3.63, 3.8) is 0 Å². The molecular weight excluding hydrogens is 661 g/mol. The van der Waals surface area contributed by atoms with Crippen molar-refractivity contribution in [3.05, 3.63) is 137 Å². The minimum Gasteiger partial charge on any atom is -0.494 e. The van der Waals surface area contributed by atoms with Gasteiger partial charge in [0, 0.05) is 22.8 Å². The average Bonchev–Trinajstić information content (AvgIpc) is 3.15. The Hall–Kier alpha value is -4.70. The van der Waals surface area contributed by atoms with Gasteiger partial charge in [0.15, 0.2) is 0 Å². The smallest absolute Gasteiger partial charge is 0.119 e. The molecule has 4 heteroatoms. The fourth-order valence-electron chi connectivity index (χ4n) is 6.33. The average molecular weight is 731 g/mol. The molecule has 0 unspecified atom stereocenters. The van der Waals surface area contributed by atoms with Gasteiger partial charge in [-0.15, -0.1) is 6.58 Å². The molecule has 0 fully saturated rings. The van der Waals surface area contributed by atoms with Gasteiger partial charge in [0.05, 0.1) is 24.6 Å². The van der Waals surface area contributed by atoms with Crippen LogP contribution >= 0.6 is 0 Å². The van der Waals surface area contributed by atoms with Gasteiger partial charge in [0.1, 0.15) is 11.5 Å². The summed E-state index contributed by atoms with van der Waals surface area (Å²) in [7, 11) is 0. The molecule has 0 amide bonds. The number of aryl methyl sites for hydroxylation is 5. The van der Waals surface area contributed by atoms with Gasteiger partial charge in [0.25, 0.3) is 0 Å². The molecule has 0 heterocycles. The van der Waals surface area contributed by atoms with E-state index in [1.807, 2.05) is 20.8 Å². The van der Waals surface area contributed by atoms with Crippen molar-refractivity contribution in [3.8, 4) is 11.5 Å². The standard InChI is InChI=1S/C45H58N2O2.C3H6.C2H6/c1-10-14-19-38(18-13-4)46(44-34(6)28-42(29-35(44)7)48-26-15-11-2)40-20-17-21-41(32-40)47(39-24-22-33(5)23-25-39)45-36(8)30-43(31-37(45)9)49-27-16-12-3;1-3-2;1-2/h14,17-25,28-32H,10-13,15-16,26-27H2,1-9H3;3H,1H2,2H3;1-2H3/b19-14-,38-18+;;. The van der Waals surface area contributed by atoms with Crippen LogP contribution in [0.4, 0.5) is 28.4 Å². The summed E-state index contributed by atoms with van der Waals surface area (Å²) in [5.41, 5.74) is 12.8. The highest BCUT2D eigenvalue weighted by Gasteiger charge is 2.22. The van der Waals surface area contributed by atoms with E-state index in [-0.39, 0.29) is 0 Å². The SMILES string of the molecule is C=CC.CC.CC/C=C\C(=C/CC)N(c1cccc(N(c2ccc(C)cc2)c2c(C)cc(OCCCC)cc2C)c1)c1c(C)cc(OCCCC)cc1C. The minimum absolute atomic E-state index is 0.735. The van der Waals surface area contributed by atoms with Crippen LogP contribution in [0.2, 0.25) is 0 Å². The maximum absolute atomic E-state index is 6.17. The molecular formula is C50H70N2O2. The molecule has 4 nitrogen and oxygen atoms in total. The lowest BCUT2D eigenvalue weighted by Crippen LogP contribution is -2.19. The van der Waals surface area contributed by atoms with E-state index in [2.05, 4.69) is 170 Å². The molecule has 54 heavy (non-hydrogen) atoms. The number of allylic oxidation sites excluding steroid dienone is 4. The molecule has 0 saturated carbocycles. The van der Waals surface area contributed by atoms with Crippen molar-refractivity contribution >= 4 is 28.4 Å². The third kappa shape index (κ3) is 13.0. The van der Waals surface area contributed by atoms with Crippen LogP contribution in [0, 0.1) is 34.6 Å². The van der Waals surface area contributed by atoms with Crippen molar-refractivity contribution in [2.45, 2.75) is 122 Å². The fourth-order valence-corrected chi connectivity index (χ4v) is 6.33. The van der Waals surface area contributed by atoms with E-state index < -0.39 is 0 Å². The zero-order valence-electron chi connectivity index (χ0n) is 35.8. The van der Waals surface area contributed by atoms with E-state index in [0.29, 0.717) is 0 Å². The number of hydrogen-bond acceptors (Lipinski definition) is 4. The van der Waals surface area contributed by atoms with Crippen LogP contribution < -0.4 is 19.3 Å². The molecule has 0 spiro atoms. The zero-order chi connectivity index (χ0) is 40.0. The van der Waals surface area contributed by atoms with E-state index in [1.165, 1.54) is 39.2 Å². The zero-order valence-corrected chi connectivity index (χ0v) is 35.8. The van der Waals surface area contributed by atoms with Gasteiger partial charge in [-0.1, -0.05) is 96.4 Å². The lowest BCUT2D eigenvalue weighted by molar-refractivity contribution is 0.309. The number of nitrogens with zero attached hydrogens (tertiary/aromatic N) is 2. The minimum atomic E-state index is 0.735. The molecule has 0 N–H and O–H groups in total. The molecule has 0 aliphatic rings. The van der Waals surface area contributed by atoms with Crippen LogP contribution in [0.25, 0.3) is 0 Å². The van der Waals surface area contributed by atoms with Gasteiger partial charge < -0.3 is 19.3 Å². The molecule has 0 atom stereocenters. The van der Waals surface area contributed by atoms with Crippen molar-refractivity contribution in [1.29, 1.82) is 0 Å². The number of rotatable bonds is 17. The Bertz CT molecular complexity index is 1720. The third-order valence-corrected chi connectivity index (χ3v) is 8.74. The summed E-state index contributed by atoms with van der Waals surface area (Å²) in [4.78, 5) is 4.83. The maximum Gasteiger partial charge on any atom is 0.119 e. The number of unbranched alkanes of at least 4 members (excludes halogenated alkanes) is 2. The largest absolute Gasteiger partial charge is 0.494 e. The molecule has 292 valence electrons. The van der Waals surface area contributed by atoms with E-state index in [9.17, 15) is 0 Å². The molecule has 0 saturated heterocycles. The van der Waals surface area contributed by atoms with Crippen molar-refractivity contribution in [2.24, 2.45) is 0 Å². The van der Waals surface area contributed by atoms with Gasteiger partial charge in [-0.3, -0.25) is 0 Å². The summed E-state index contributed by atoms with van der Waals surface area (Å²) in [5, 5.41) is 0. The molecule has 0 bridgehead atoms. The highest BCUT2D eigenvalue weighted by Crippen LogP contribution is 2.44. The predicted molar refractivity (Wildman–Crippen MR) is 239 cm³/mol. The van der Waals surface area contributed by atoms with Gasteiger partial charge in [-0.2, -0.15) is 0 Å². The Labute approximate surface area is 330 Å². The Morgan fingerprint density at radius 1 is 0.630 bits per heavy atom. The lowest BCUT2D eigenvalue weighted by Gasteiger charge is -2.33. The second-order valence-corrected chi connectivity index (χ2v) is 13.5. The topological polar surface area (TPSA) is 24.9 Å². The normalized spacial score (nSPS) is 10.9. The molecule has 4 rings (SSSR count). The number of benzene rings is 4. The first-order valence-corrected chi connectivity index (χ1v) is 20.3. The number of ether oxygens (including phenoxy) is 2. The van der Waals surface area contributed by atoms with Gasteiger partial charge in [0.2, 0.25) is 0 Å². The summed E-state index contributed by atoms with van der Waals surface area (Å²) in [6, 6.07) is 26.6. The maximum atomic E-state index is 6.17.